The number of ether oxygens (including phenoxy) is 1. The minimum absolute atomic E-state index is 0.358. The highest BCUT2D eigenvalue weighted by molar-refractivity contribution is 6.31. The molecular weight excluding hydrogens is 234 g/mol. The molecular formula is C14H18ClNO. The molecule has 2 nitrogen and oxygen atoms in total. The molecule has 3 fully saturated rings. The van der Waals surface area contributed by atoms with Crippen molar-refractivity contribution in [3.8, 4) is 5.75 Å². The molecule has 0 spiro atoms. The lowest BCUT2D eigenvalue weighted by molar-refractivity contribution is -0.00775. The molecule has 0 N–H and O–H groups in total. The number of hydrogen-bond donors (Lipinski definition) is 0. The maximum Gasteiger partial charge on any atom is 0.121 e. The van der Waals surface area contributed by atoms with E-state index in [2.05, 4.69) is 4.90 Å². The van der Waals surface area contributed by atoms with Crippen LogP contribution in [0.25, 0.3) is 0 Å². The van der Waals surface area contributed by atoms with E-state index in [9.17, 15) is 0 Å². The zero-order chi connectivity index (χ0) is 11.8. The van der Waals surface area contributed by atoms with Crippen LogP contribution in [-0.4, -0.2) is 30.6 Å². The Balaban J connectivity index is 1.72. The van der Waals surface area contributed by atoms with E-state index in [4.69, 9.17) is 16.3 Å². The number of aryl methyl sites for hydroxylation is 1. The summed E-state index contributed by atoms with van der Waals surface area (Å²) in [4.78, 5) is 2.50. The summed E-state index contributed by atoms with van der Waals surface area (Å²) in [5.74, 6) is 1.65. The Bertz CT molecular complexity index is 413. The van der Waals surface area contributed by atoms with Crippen molar-refractivity contribution in [1.29, 1.82) is 0 Å². The van der Waals surface area contributed by atoms with Crippen LogP contribution in [0.3, 0.4) is 0 Å². The van der Waals surface area contributed by atoms with Crippen LogP contribution >= 0.6 is 11.6 Å². The van der Waals surface area contributed by atoms with Gasteiger partial charge in [0.15, 0.2) is 0 Å². The molecule has 3 heterocycles. The summed E-state index contributed by atoms with van der Waals surface area (Å²) < 4.78 is 6.10. The molecule has 1 aromatic carbocycles. The molecule has 0 aliphatic carbocycles. The van der Waals surface area contributed by atoms with Gasteiger partial charge in [0.1, 0.15) is 11.9 Å². The molecule has 3 heteroatoms. The number of fused-ring (bicyclic) bond motifs is 3. The maximum absolute atomic E-state index is 6.12. The van der Waals surface area contributed by atoms with Crippen molar-refractivity contribution in [1.82, 2.24) is 4.90 Å². The monoisotopic (exact) mass is 251 g/mol. The lowest BCUT2D eigenvalue weighted by atomic mass is 9.86. The van der Waals surface area contributed by atoms with Gasteiger partial charge in [0.05, 0.1) is 0 Å². The van der Waals surface area contributed by atoms with Crippen LogP contribution in [0.5, 0.6) is 5.75 Å². The Morgan fingerprint density at radius 1 is 1.29 bits per heavy atom. The summed E-state index contributed by atoms with van der Waals surface area (Å²) in [6.07, 6.45) is 2.92. The highest BCUT2D eigenvalue weighted by atomic mass is 35.5. The second-order valence-electron chi connectivity index (χ2n) is 5.21. The SMILES string of the molecule is Cc1ccc(O[C@H]2CN3CCC2CC3)cc1Cl. The Morgan fingerprint density at radius 3 is 2.65 bits per heavy atom. The van der Waals surface area contributed by atoms with Gasteiger partial charge in [-0.2, -0.15) is 0 Å². The molecule has 0 saturated carbocycles. The lowest BCUT2D eigenvalue weighted by Crippen LogP contribution is -2.52. The van der Waals surface area contributed by atoms with Crippen molar-refractivity contribution in [3.05, 3.63) is 28.8 Å². The van der Waals surface area contributed by atoms with Crippen molar-refractivity contribution in [2.24, 2.45) is 5.92 Å². The van der Waals surface area contributed by atoms with Gasteiger partial charge in [-0.3, -0.25) is 4.90 Å². The van der Waals surface area contributed by atoms with Gasteiger partial charge >= 0.3 is 0 Å². The molecule has 0 radical (unpaired) electrons. The fourth-order valence-electron chi connectivity index (χ4n) is 2.87. The first kappa shape index (κ1) is 11.4. The number of hydrogen-bond acceptors (Lipinski definition) is 2. The lowest BCUT2D eigenvalue weighted by Gasteiger charge is -2.44. The van der Waals surface area contributed by atoms with Crippen LogP contribution in [-0.2, 0) is 0 Å². The van der Waals surface area contributed by atoms with Crippen LogP contribution in [0.2, 0.25) is 5.02 Å². The zero-order valence-corrected chi connectivity index (χ0v) is 10.9. The fraction of sp³-hybridized carbons (Fsp3) is 0.571. The van der Waals surface area contributed by atoms with Crippen molar-refractivity contribution in [2.45, 2.75) is 25.9 Å². The minimum Gasteiger partial charge on any atom is -0.489 e. The van der Waals surface area contributed by atoms with E-state index < -0.39 is 0 Å². The van der Waals surface area contributed by atoms with Crippen molar-refractivity contribution >= 4 is 11.6 Å². The quantitative estimate of drug-likeness (QED) is 0.801. The summed E-state index contributed by atoms with van der Waals surface area (Å²) in [5.41, 5.74) is 1.10. The Kier molecular flexibility index (Phi) is 3.01. The van der Waals surface area contributed by atoms with Crippen molar-refractivity contribution in [3.63, 3.8) is 0 Å². The van der Waals surface area contributed by atoms with Gasteiger partial charge in [-0.15, -0.1) is 0 Å². The molecule has 0 unspecified atom stereocenters. The van der Waals surface area contributed by atoms with Gasteiger partial charge in [0.25, 0.3) is 0 Å². The summed E-state index contributed by atoms with van der Waals surface area (Å²) in [7, 11) is 0. The minimum atomic E-state index is 0.358. The Hall–Kier alpha value is -0.730. The van der Waals surface area contributed by atoms with E-state index in [1.54, 1.807) is 0 Å². The van der Waals surface area contributed by atoms with Gasteiger partial charge in [-0.1, -0.05) is 17.7 Å². The Morgan fingerprint density at radius 2 is 2.06 bits per heavy atom. The van der Waals surface area contributed by atoms with Crippen LogP contribution in [0.15, 0.2) is 18.2 Å². The van der Waals surface area contributed by atoms with Crippen LogP contribution < -0.4 is 4.74 Å². The first-order chi connectivity index (χ1) is 8.22. The smallest absolute Gasteiger partial charge is 0.121 e. The predicted octanol–water partition coefficient (Wildman–Crippen LogP) is 3.12. The fourth-order valence-corrected chi connectivity index (χ4v) is 3.04. The standard InChI is InChI=1S/C14H18ClNO/c1-10-2-3-12(8-13(10)15)17-14-9-16-6-4-11(14)5-7-16/h2-3,8,11,14H,4-7,9H2,1H3/t14-/m0/s1. The molecule has 2 bridgehead atoms. The number of benzene rings is 1. The molecule has 3 saturated heterocycles. The number of halogens is 1. The molecule has 0 amide bonds. The van der Waals surface area contributed by atoms with Crippen LogP contribution in [0, 0.1) is 12.8 Å². The molecule has 92 valence electrons. The van der Waals surface area contributed by atoms with Crippen LogP contribution in [0.4, 0.5) is 0 Å². The summed E-state index contributed by atoms with van der Waals surface area (Å²) in [6, 6.07) is 5.99. The first-order valence-corrected chi connectivity index (χ1v) is 6.75. The average molecular weight is 252 g/mol. The topological polar surface area (TPSA) is 12.5 Å². The van der Waals surface area contributed by atoms with E-state index in [-0.39, 0.29) is 0 Å². The third kappa shape index (κ3) is 2.29. The second kappa shape index (κ2) is 4.51. The van der Waals surface area contributed by atoms with E-state index in [1.807, 2.05) is 25.1 Å². The van der Waals surface area contributed by atoms with E-state index in [0.29, 0.717) is 6.10 Å². The predicted molar refractivity (Wildman–Crippen MR) is 69.8 cm³/mol. The largest absolute Gasteiger partial charge is 0.489 e. The molecule has 3 aliphatic heterocycles. The third-order valence-electron chi connectivity index (χ3n) is 4.03. The molecule has 17 heavy (non-hydrogen) atoms. The highest BCUT2D eigenvalue weighted by Crippen LogP contribution is 2.31. The van der Waals surface area contributed by atoms with Crippen molar-refractivity contribution < 1.29 is 4.74 Å². The van der Waals surface area contributed by atoms with Gasteiger partial charge in [-0.25, -0.2) is 0 Å². The Labute approximate surface area is 108 Å². The number of rotatable bonds is 2. The zero-order valence-electron chi connectivity index (χ0n) is 10.2. The van der Waals surface area contributed by atoms with Gasteiger partial charge in [0, 0.05) is 11.6 Å². The normalized spacial score (nSPS) is 31.5. The summed E-state index contributed by atoms with van der Waals surface area (Å²) in [6.45, 7) is 5.59. The van der Waals surface area contributed by atoms with E-state index in [0.717, 1.165) is 28.8 Å². The summed E-state index contributed by atoms with van der Waals surface area (Å²) >= 11 is 6.12. The molecule has 1 atom stereocenters. The maximum atomic E-state index is 6.12. The number of nitrogens with zero attached hydrogens (tertiary/aromatic N) is 1. The average Bonchev–Trinajstić information content (AvgIpc) is 2.35. The van der Waals surface area contributed by atoms with Crippen molar-refractivity contribution in [2.75, 3.05) is 19.6 Å². The molecule has 1 aromatic rings. The first-order valence-electron chi connectivity index (χ1n) is 6.37. The molecule has 3 aliphatic rings. The van der Waals surface area contributed by atoms with Gasteiger partial charge in [0.2, 0.25) is 0 Å². The third-order valence-corrected chi connectivity index (χ3v) is 4.43. The van der Waals surface area contributed by atoms with Gasteiger partial charge < -0.3 is 4.74 Å². The second-order valence-corrected chi connectivity index (χ2v) is 5.61. The summed E-state index contributed by atoms with van der Waals surface area (Å²) in [5, 5.41) is 0.795. The number of piperidine rings is 3. The van der Waals surface area contributed by atoms with E-state index >= 15 is 0 Å². The molecule has 0 aromatic heterocycles. The van der Waals surface area contributed by atoms with E-state index in [1.165, 1.54) is 25.9 Å². The highest BCUT2D eigenvalue weighted by Gasteiger charge is 2.35. The van der Waals surface area contributed by atoms with Crippen LogP contribution in [0.1, 0.15) is 18.4 Å². The van der Waals surface area contributed by atoms with Gasteiger partial charge in [-0.05, 0) is 56.5 Å². The molecule has 4 rings (SSSR count).